The van der Waals surface area contributed by atoms with Crippen LogP contribution in [0.25, 0.3) is 0 Å². The smallest absolute Gasteiger partial charge is 0.121 e. The Morgan fingerprint density at radius 2 is 2.56 bits per heavy atom. The van der Waals surface area contributed by atoms with E-state index in [9.17, 15) is 4.39 Å². The van der Waals surface area contributed by atoms with E-state index in [1.165, 1.54) is 6.08 Å². The van der Waals surface area contributed by atoms with Gasteiger partial charge >= 0.3 is 0 Å². The highest BCUT2D eigenvalue weighted by Crippen LogP contribution is 2.24. The third-order valence-corrected chi connectivity index (χ3v) is 1.60. The summed E-state index contributed by atoms with van der Waals surface area (Å²) in [5.41, 5.74) is 0.900. The second-order valence-electron chi connectivity index (χ2n) is 2.26. The molecule has 0 aliphatic heterocycles. The standard InChI is InChI=1S/C8H11F/c1-2-8(9)7-5-3-4-6-7/h2,5H,3-4,6H2,1H3/b8-2+. The second-order valence-corrected chi connectivity index (χ2v) is 2.26. The monoisotopic (exact) mass is 126 g/mol. The van der Waals surface area contributed by atoms with Crippen LogP contribution in [-0.4, -0.2) is 0 Å². The van der Waals surface area contributed by atoms with Crippen molar-refractivity contribution >= 4 is 0 Å². The van der Waals surface area contributed by atoms with Crippen LogP contribution in [0.1, 0.15) is 26.2 Å². The van der Waals surface area contributed by atoms with Crippen LogP contribution in [0.5, 0.6) is 0 Å². The molecule has 1 aliphatic rings. The molecule has 0 unspecified atom stereocenters. The van der Waals surface area contributed by atoms with E-state index in [-0.39, 0.29) is 5.83 Å². The van der Waals surface area contributed by atoms with Crippen LogP contribution < -0.4 is 0 Å². The number of hydrogen-bond acceptors (Lipinski definition) is 0. The third kappa shape index (κ3) is 1.41. The fraction of sp³-hybridized carbons (Fsp3) is 0.500. The predicted molar refractivity (Wildman–Crippen MR) is 36.8 cm³/mol. The number of halogens is 1. The predicted octanol–water partition coefficient (Wildman–Crippen LogP) is 2.97. The van der Waals surface area contributed by atoms with Crippen molar-refractivity contribution in [2.45, 2.75) is 26.2 Å². The average Bonchev–Trinajstić information content (AvgIpc) is 2.37. The van der Waals surface area contributed by atoms with Gasteiger partial charge in [-0.15, -0.1) is 0 Å². The average molecular weight is 126 g/mol. The van der Waals surface area contributed by atoms with Gasteiger partial charge in [0.1, 0.15) is 5.83 Å². The molecule has 0 amide bonds. The highest BCUT2D eigenvalue weighted by molar-refractivity contribution is 5.27. The van der Waals surface area contributed by atoms with Crippen molar-refractivity contribution in [3.63, 3.8) is 0 Å². The quantitative estimate of drug-likeness (QED) is 0.506. The fourth-order valence-corrected chi connectivity index (χ4v) is 1.07. The molecule has 9 heavy (non-hydrogen) atoms. The summed E-state index contributed by atoms with van der Waals surface area (Å²) in [6.07, 6.45) is 6.61. The van der Waals surface area contributed by atoms with Gasteiger partial charge in [0.25, 0.3) is 0 Å². The molecule has 0 aromatic heterocycles. The highest BCUT2D eigenvalue weighted by Gasteiger charge is 2.07. The molecule has 0 N–H and O–H groups in total. The minimum atomic E-state index is -0.0347. The Bertz CT molecular complexity index is 154. The summed E-state index contributed by atoms with van der Waals surface area (Å²) in [5, 5.41) is 0. The van der Waals surface area contributed by atoms with Crippen LogP contribution >= 0.6 is 0 Å². The molecule has 0 bridgehead atoms. The number of allylic oxidation sites excluding steroid dienone is 4. The van der Waals surface area contributed by atoms with Crippen molar-refractivity contribution in [1.82, 2.24) is 0 Å². The maximum Gasteiger partial charge on any atom is 0.121 e. The van der Waals surface area contributed by atoms with Crippen LogP contribution in [0, 0.1) is 0 Å². The first kappa shape index (κ1) is 6.53. The van der Waals surface area contributed by atoms with Gasteiger partial charge in [0.15, 0.2) is 0 Å². The molecule has 0 atom stereocenters. The Hall–Kier alpha value is -0.590. The van der Waals surface area contributed by atoms with E-state index in [2.05, 4.69) is 0 Å². The molecular weight excluding hydrogens is 115 g/mol. The first-order valence-corrected chi connectivity index (χ1v) is 3.36. The molecule has 1 heteroatoms. The minimum Gasteiger partial charge on any atom is -0.207 e. The lowest BCUT2D eigenvalue weighted by atomic mass is 10.2. The van der Waals surface area contributed by atoms with Crippen molar-refractivity contribution in [2.75, 3.05) is 0 Å². The maximum atomic E-state index is 12.6. The van der Waals surface area contributed by atoms with Crippen molar-refractivity contribution in [2.24, 2.45) is 0 Å². The highest BCUT2D eigenvalue weighted by atomic mass is 19.1. The summed E-state index contributed by atoms with van der Waals surface area (Å²) < 4.78 is 12.6. The summed E-state index contributed by atoms with van der Waals surface area (Å²) in [4.78, 5) is 0. The van der Waals surface area contributed by atoms with Gasteiger partial charge in [0, 0.05) is 0 Å². The summed E-state index contributed by atoms with van der Waals surface area (Å²) in [7, 11) is 0. The van der Waals surface area contributed by atoms with Gasteiger partial charge in [-0.25, -0.2) is 4.39 Å². The molecular formula is C8H11F. The first-order chi connectivity index (χ1) is 4.34. The Kier molecular flexibility index (Phi) is 2.04. The van der Waals surface area contributed by atoms with E-state index in [0.29, 0.717) is 0 Å². The molecule has 0 saturated heterocycles. The summed E-state index contributed by atoms with van der Waals surface area (Å²) >= 11 is 0. The van der Waals surface area contributed by atoms with E-state index in [1.54, 1.807) is 6.92 Å². The molecule has 0 aromatic carbocycles. The maximum absolute atomic E-state index is 12.6. The van der Waals surface area contributed by atoms with Crippen LogP contribution in [0.2, 0.25) is 0 Å². The normalized spacial score (nSPS) is 20.2. The first-order valence-electron chi connectivity index (χ1n) is 3.36. The van der Waals surface area contributed by atoms with E-state index in [4.69, 9.17) is 0 Å². The lowest BCUT2D eigenvalue weighted by Gasteiger charge is -1.93. The van der Waals surface area contributed by atoms with Gasteiger partial charge in [-0.3, -0.25) is 0 Å². The molecule has 50 valence electrons. The Morgan fingerprint density at radius 1 is 1.78 bits per heavy atom. The lowest BCUT2D eigenvalue weighted by molar-refractivity contribution is 0.640. The van der Waals surface area contributed by atoms with Crippen molar-refractivity contribution < 1.29 is 4.39 Å². The van der Waals surface area contributed by atoms with Crippen molar-refractivity contribution in [3.05, 3.63) is 23.6 Å². The second kappa shape index (κ2) is 2.81. The van der Waals surface area contributed by atoms with Crippen molar-refractivity contribution in [1.29, 1.82) is 0 Å². The van der Waals surface area contributed by atoms with E-state index >= 15 is 0 Å². The zero-order valence-electron chi connectivity index (χ0n) is 5.65. The van der Waals surface area contributed by atoms with Gasteiger partial charge in [-0.1, -0.05) is 12.2 Å². The molecule has 1 rings (SSSR count). The third-order valence-electron chi connectivity index (χ3n) is 1.60. The molecule has 0 radical (unpaired) electrons. The molecule has 0 spiro atoms. The molecule has 0 fully saturated rings. The van der Waals surface area contributed by atoms with E-state index in [1.807, 2.05) is 6.08 Å². The van der Waals surface area contributed by atoms with Gasteiger partial charge < -0.3 is 0 Å². The van der Waals surface area contributed by atoms with Gasteiger partial charge in [-0.05, 0) is 31.8 Å². The van der Waals surface area contributed by atoms with Crippen molar-refractivity contribution in [3.8, 4) is 0 Å². The van der Waals surface area contributed by atoms with Crippen LogP contribution in [0.15, 0.2) is 23.6 Å². The van der Waals surface area contributed by atoms with E-state index < -0.39 is 0 Å². The van der Waals surface area contributed by atoms with Gasteiger partial charge in [-0.2, -0.15) is 0 Å². The minimum absolute atomic E-state index is 0.0347. The molecule has 1 aliphatic carbocycles. The lowest BCUT2D eigenvalue weighted by Crippen LogP contribution is -1.75. The van der Waals surface area contributed by atoms with Crippen LogP contribution in [0.4, 0.5) is 4.39 Å². The number of hydrogen-bond donors (Lipinski definition) is 0. The zero-order chi connectivity index (χ0) is 6.69. The fourth-order valence-electron chi connectivity index (χ4n) is 1.07. The largest absolute Gasteiger partial charge is 0.207 e. The Morgan fingerprint density at radius 3 is 3.00 bits per heavy atom. The SMILES string of the molecule is C/C=C(/F)C1=CCCC1. The molecule has 0 heterocycles. The van der Waals surface area contributed by atoms with Crippen LogP contribution in [-0.2, 0) is 0 Å². The molecule has 0 aromatic rings. The van der Waals surface area contributed by atoms with Gasteiger partial charge in [0.05, 0.1) is 0 Å². The molecule has 0 nitrogen and oxygen atoms in total. The van der Waals surface area contributed by atoms with Gasteiger partial charge in [0.2, 0.25) is 0 Å². The number of rotatable bonds is 1. The van der Waals surface area contributed by atoms with Crippen LogP contribution in [0.3, 0.4) is 0 Å². The topological polar surface area (TPSA) is 0 Å². The summed E-state index contributed by atoms with van der Waals surface area (Å²) in [6, 6.07) is 0. The Balaban J connectivity index is 2.61. The van der Waals surface area contributed by atoms with E-state index in [0.717, 1.165) is 24.8 Å². The summed E-state index contributed by atoms with van der Waals surface area (Å²) in [6.45, 7) is 1.73. The molecule has 0 saturated carbocycles. The zero-order valence-corrected chi connectivity index (χ0v) is 5.65. The summed E-state index contributed by atoms with van der Waals surface area (Å²) in [5.74, 6) is -0.0347. The Labute approximate surface area is 55.1 Å².